The number of anilines is 1. The Morgan fingerprint density at radius 1 is 1.17 bits per heavy atom. The van der Waals surface area contributed by atoms with Gasteiger partial charge in [-0.3, -0.25) is 9.59 Å². The van der Waals surface area contributed by atoms with Crippen molar-refractivity contribution < 1.29 is 19.1 Å². The Labute approximate surface area is 147 Å². The average Bonchev–Trinajstić information content (AvgIpc) is 2.52. The number of amides is 1. The lowest BCUT2D eigenvalue weighted by Crippen LogP contribution is -2.34. The number of hydrogen-bond acceptors (Lipinski definition) is 5. The van der Waals surface area contributed by atoms with E-state index in [1.54, 1.807) is 12.1 Å². The maximum absolute atomic E-state index is 11.7. The standard InChI is InChI=1S/C17H24N2O4S/c1-4-11-22-16(21)10-9-15(20)19-17(24)18-13-5-7-14(8-6-13)23-12(2)3/h5-8,12H,4,9-11H2,1-3H3,(H2,18,19,20,24). The smallest absolute Gasteiger partial charge is 0.306 e. The highest BCUT2D eigenvalue weighted by molar-refractivity contribution is 7.80. The first-order chi connectivity index (χ1) is 11.4. The molecule has 2 N–H and O–H groups in total. The third kappa shape index (κ3) is 8.47. The van der Waals surface area contributed by atoms with Crippen LogP contribution in [0.2, 0.25) is 0 Å². The molecule has 24 heavy (non-hydrogen) atoms. The molecule has 7 heteroatoms. The van der Waals surface area contributed by atoms with Crippen molar-refractivity contribution in [1.29, 1.82) is 0 Å². The van der Waals surface area contributed by atoms with E-state index < -0.39 is 0 Å². The van der Waals surface area contributed by atoms with Crippen LogP contribution in [0.5, 0.6) is 5.75 Å². The lowest BCUT2D eigenvalue weighted by molar-refractivity contribution is -0.144. The fourth-order valence-corrected chi connectivity index (χ4v) is 1.98. The minimum atomic E-state index is -0.383. The van der Waals surface area contributed by atoms with Crippen molar-refractivity contribution in [1.82, 2.24) is 5.32 Å². The summed E-state index contributed by atoms with van der Waals surface area (Å²) in [5.41, 5.74) is 0.735. The Morgan fingerprint density at radius 3 is 2.42 bits per heavy atom. The lowest BCUT2D eigenvalue weighted by atomic mass is 10.3. The van der Waals surface area contributed by atoms with Gasteiger partial charge in [-0.15, -0.1) is 0 Å². The quantitative estimate of drug-likeness (QED) is 0.553. The summed E-state index contributed by atoms with van der Waals surface area (Å²) in [4.78, 5) is 23.1. The highest BCUT2D eigenvalue weighted by atomic mass is 32.1. The van der Waals surface area contributed by atoms with Gasteiger partial charge in [-0.05, 0) is 56.8 Å². The van der Waals surface area contributed by atoms with Crippen LogP contribution in [0.4, 0.5) is 5.69 Å². The predicted molar refractivity (Wildman–Crippen MR) is 97.1 cm³/mol. The first kappa shape index (κ1) is 19.9. The number of ether oxygens (including phenoxy) is 2. The normalized spacial score (nSPS) is 10.2. The Bertz CT molecular complexity index is 558. The first-order valence-electron chi connectivity index (χ1n) is 7.94. The second kappa shape index (κ2) is 10.6. The highest BCUT2D eigenvalue weighted by Crippen LogP contribution is 2.16. The SMILES string of the molecule is CCCOC(=O)CCC(=O)NC(=S)Nc1ccc(OC(C)C)cc1. The summed E-state index contributed by atoms with van der Waals surface area (Å²) in [7, 11) is 0. The molecule has 0 spiro atoms. The number of carbonyl (C=O) groups is 2. The monoisotopic (exact) mass is 352 g/mol. The molecular formula is C17H24N2O4S. The van der Waals surface area contributed by atoms with Crippen LogP contribution in [0.1, 0.15) is 40.0 Å². The molecule has 0 bridgehead atoms. The van der Waals surface area contributed by atoms with Crippen molar-refractivity contribution in [3.05, 3.63) is 24.3 Å². The van der Waals surface area contributed by atoms with E-state index in [0.717, 1.165) is 17.9 Å². The van der Waals surface area contributed by atoms with Crippen molar-refractivity contribution in [2.24, 2.45) is 0 Å². The summed E-state index contributed by atoms with van der Waals surface area (Å²) >= 11 is 5.07. The predicted octanol–water partition coefficient (Wildman–Crippen LogP) is 3.02. The van der Waals surface area contributed by atoms with E-state index in [9.17, 15) is 9.59 Å². The molecule has 0 unspecified atom stereocenters. The molecular weight excluding hydrogens is 328 g/mol. The van der Waals surface area contributed by atoms with E-state index in [1.165, 1.54) is 0 Å². The van der Waals surface area contributed by atoms with E-state index in [2.05, 4.69) is 10.6 Å². The van der Waals surface area contributed by atoms with E-state index >= 15 is 0 Å². The topological polar surface area (TPSA) is 76.7 Å². The van der Waals surface area contributed by atoms with Crippen LogP contribution < -0.4 is 15.4 Å². The Kier molecular flexibility index (Phi) is 8.78. The zero-order valence-corrected chi connectivity index (χ0v) is 15.1. The van der Waals surface area contributed by atoms with Crippen LogP contribution in [-0.4, -0.2) is 29.7 Å². The van der Waals surface area contributed by atoms with Crippen molar-refractivity contribution >= 4 is 34.9 Å². The molecule has 0 aliphatic heterocycles. The molecule has 0 radical (unpaired) electrons. The molecule has 0 aliphatic carbocycles. The van der Waals surface area contributed by atoms with Crippen LogP contribution in [0.25, 0.3) is 0 Å². The van der Waals surface area contributed by atoms with Gasteiger partial charge in [0.05, 0.1) is 19.1 Å². The van der Waals surface area contributed by atoms with Crippen molar-refractivity contribution in [3.63, 3.8) is 0 Å². The molecule has 1 aromatic rings. The van der Waals surface area contributed by atoms with Gasteiger partial charge in [-0.25, -0.2) is 0 Å². The average molecular weight is 352 g/mol. The third-order valence-electron chi connectivity index (χ3n) is 2.76. The summed E-state index contributed by atoms with van der Waals surface area (Å²) < 4.78 is 10.4. The summed E-state index contributed by atoms with van der Waals surface area (Å²) in [6.07, 6.45) is 0.932. The molecule has 6 nitrogen and oxygen atoms in total. The van der Waals surface area contributed by atoms with E-state index in [-0.39, 0.29) is 35.9 Å². The lowest BCUT2D eigenvalue weighted by Gasteiger charge is -2.12. The molecule has 0 fully saturated rings. The molecule has 0 aliphatic rings. The van der Waals surface area contributed by atoms with Crippen LogP contribution in [0.3, 0.4) is 0 Å². The van der Waals surface area contributed by atoms with Gasteiger partial charge >= 0.3 is 5.97 Å². The number of carbonyl (C=O) groups excluding carboxylic acids is 2. The van der Waals surface area contributed by atoms with Crippen molar-refractivity contribution in [3.8, 4) is 5.75 Å². The zero-order valence-electron chi connectivity index (χ0n) is 14.3. The Morgan fingerprint density at radius 2 is 1.83 bits per heavy atom. The van der Waals surface area contributed by atoms with Gasteiger partial charge in [0.15, 0.2) is 5.11 Å². The minimum absolute atomic E-state index is 0.0333. The van der Waals surface area contributed by atoms with E-state index in [4.69, 9.17) is 21.7 Å². The maximum Gasteiger partial charge on any atom is 0.306 e. The summed E-state index contributed by atoms with van der Waals surface area (Å²) in [6.45, 7) is 6.19. The van der Waals surface area contributed by atoms with Crippen molar-refractivity contribution in [2.75, 3.05) is 11.9 Å². The molecule has 0 saturated carbocycles. The fourth-order valence-electron chi connectivity index (χ4n) is 1.74. The van der Waals surface area contributed by atoms with Gasteiger partial charge in [0.2, 0.25) is 5.91 Å². The van der Waals surface area contributed by atoms with E-state index in [0.29, 0.717) is 6.61 Å². The van der Waals surface area contributed by atoms with Gasteiger partial charge in [0.25, 0.3) is 0 Å². The second-order valence-electron chi connectivity index (χ2n) is 5.41. The minimum Gasteiger partial charge on any atom is -0.491 e. The van der Waals surface area contributed by atoms with Crippen LogP contribution in [0, 0.1) is 0 Å². The number of benzene rings is 1. The molecule has 0 heterocycles. The van der Waals surface area contributed by atoms with Crippen LogP contribution in [-0.2, 0) is 14.3 Å². The van der Waals surface area contributed by atoms with Crippen LogP contribution >= 0.6 is 12.2 Å². The van der Waals surface area contributed by atoms with Gasteiger partial charge in [0, 0.05) is 12.1 Å². The number of esters is 1. The maximum atomic E-state index is 11.7. The molecule has 1 rings (SSSR count). The third-order valence-corrected chi connectivity index (χ3v) is 2.96. The molecule has 0 atom stereocenters. The molecule has 1 aromatic carbocycles. The molecule has 0 aromatic heterocycles. The van der Waals surface area contributed by atoms with Crippen molar-refractivity contribution in [2.45, 2.75) is 46.1 Å². The second-order valence-corrected chi connectivity index (χ2v) is 5.82. The highest BCUT2D eigenvalue weighted by Gasteiger charge is 2.09. The molecule has 1 amide bonds. The Balaban J connectivity index is 2.34. The van der Waals surface area contributed by atoms with Crippen LogP contribution in [0.15, 0.2) is 24.3 Å². The van der Waals surface area contributed by atoms with Gasteiger partial charge in [-0.2, -0.15) is 0 Å². The van der Waals surface area contributed by atoms with E-state index in [1.807, 2.05) is 32.9 Å². The number of hydrogen-bond donors (Lipinski definition) is 2. The molecule has 132 valence electrons. The van der Waals surface area contributed by atoms with Gasteiger partial charge in [-0.1, -0.05) is 6.92 Å². The summed E-state index contributed by atoms with van der Waals surface area (Å²) in [5, 5.41) is 5.61. The zero-order chi connectivity index (χ0) is 17.9. The largest absolute Gasteiger partial charge is 0.491 e. The number of thiocarbonyl (C=S) groups is 1. The Hall–Kier alpha value is -2.15. The summed E-state index contributed by atoms with van der Waals surface area (Å²) in [5.74, 6) is 0.0448. The fraction of sp³-hybridized carbons (Fsp3) is 0.471. The number of nitrogens with one attached hydrogen (secondary N) is 2. The van der Waals surface area contributed by atoms with Gasteiger partial charge in [0.1, 0.15) is 5.75 Å². The summed E-state index contributed by atoms with van der Waals surface area (Å²) in [6, 6.07) is 7.24. The first-order valence-corrected chi connectivity index (χ1v) is 8.34. The molecule has 0 saturated heterocycles. The number of rotatable bonds is 8. The van der Waals surface area contributed by atoms with Gasteiger partial charge < -0.3 is 20.1 Å².